The van der Waals surface area contributed by atoms with Gasteiger partial charge >= 0.3 is 5.97 Å². The molecular formula is C17H21NO5S. The first-order chi connectivity index (χ1) is 11.4. The molecule has 0 saturated carbocycles. The number of sulfone groups is 1. The second-order valence-electron chi connectivity index (χ2n) is 5.73. The molecule has 7 heteroatoms. The number of carbonyl (C=O) groups excluding carboxylic acids is 2. The quantitative estimate of drug-likeness (QED) is 0.626. The number of hydrogen-bond acceptors (Lipinski definition) is 5. The zero-order valence-corrected chi connectivity index (χ0v) is 14.3. The molecule has 0 bridgehead atoms. The van der Waals surface area contributed by atoms with E-state index in [4.69, 9.17) is 4.74 Å². The van der Waals surface area contributed by atoms with Gasteiger partial charge in [0, 0.05) is 18.2 Å². The SMILES string of the molecule is CCOC(=O)/C=C/c1ccc(NC(=O)CC2CCS(=O)(=O)C2)cc1. The van der Waals surface area contributed by atoms with Gasteiger partial charge in [0.25, 0.3) is 0 Å². The zero-order valence-electron chi connectivity index (χ0n) is 13.5. The van der Waals surface area contributed by atoms with Gasteiger partial charge in [-0.3, -0.25) is 4.79 Å². The molecule has 1 aliphatic heterocycles. The van der Waals surface area contributed by atoms with E-state index in [1.165, 1.54) is 6.08 Å². The molecule has 1 heterocycles. The minimum absolute atomic E-state index is 0.0953. The highest BCUT2D eigenvalue weighted by atomic mass is 32.2. The Morgan fingerprint density at radius 1 is 1.29 bits per heavy atom. The minimum Gasteiger partial charge on any atom is -0.463 e. The van der Waals surface area contributed by atoms with Gasteiger partial charge in [0.2, 0.25) is 5.91 Å². The number of ether oxygens (including phenoxy) is 1. The van der Waals surface area contributed by atoms with Crippen LogP contribution in [0.2, 0.25) is 0 Å². The summed E-state index contributed by atoms with van der Waals surface area (Å²) in [7, 11) is -2.96. The molecule has 130 valence electrons. The molecule has 1 atom stereocenters. The van der Waals surface area contributed by atoms with E-state index >= 15 is 0 Å². The normalized spacial score (nSPS) is 19.3. The van der Waals surface area contributed by atoms with Crippen LogP contribution >= 0.6 is 0 Å². The first-order valence-corrected chi connectivity index (χ1v) is 9.65. The third-order valence-corrected chi connectivity index (χ3v) is 5.53. The highest BCUT2D eigenvalue weighted by Gasteiger charge is 2.29. The van der Waals surface area contributed by atoms with Crippen LogP contribution in [-0.4, -0.2) is 38.4 Å². The maximum atomic E-state index is 12.0. The van der Waals surface area contributed by atoms with Crippen molar-refractivity contribution in [3.05, 3.63) is 35.9 Å². The van der Waals surface area contributed by atoms with Crippen LogP contribution in [0.3, 0.4) is 0 Å². The molecule has 0 aliphatic carbocycles. The molecule has 6 nitrogen and oxygen atoms in total. The van der Waals surface area contributed by atoms with Crippen molar-refractivity contribution >= 4 is 33.5 Å². The lowest BCUT2D eigenvalue weighted by molar-refractivity contribution is -0.137. The summed E-state index contributed by atoms with van der Waals surface area (Å²) in [4.78, 5) is 23.2. The summed E-state index contributed by atoms with van der Waals surface area (Å²) in [5.41, 5.74) is 1.44. The van der Waals surface area contributed by atoms with Gasteiger partial charge < -0.3 is 10.1 Å². The molecule has 1 unspecified atom stereocenters. The smallest absolute Gasteiger partial charge is 0.330 e. The highest BCUT2D eigenvalue weighted by Crippen LogP contribution is 2.22. The lowest BCUT2D eigenvalue weighted by atomic mass is 10.0. The largest absolute Gasteiger partial charge is 0.463 e. The topological polar surface area (TPSA) is 89.5 Å². The standard InChI is InChI=1S/C17H21NO5S/c1-2-23-17(20)8-5-13-3-6-15(7-4-13)18-16(19)11-14-9-10-24(21,22)12-14/h3-8,14H,2,9-12H2,1H3,(H,18,19)/b8-5+. The first-order valence-electron chi connectivity index (χ1n) is 7.83. The Morgan fingerprint density at radius 2 is 2.00 bits per heavy atom. The monoisotopic (exact) mass is 351 g/mol. The lowest BCUT2D eigenvalue weighted by Crippen LogP contribution is -2.17. The van der Waals surface area contributed by atoms with Crippen molar-refractivity contribution in [3.63, 3.8) is 0 Å². The second kappa shape index (κ2) is 8.10. The van der Waals surface area contributed by atoms with E-state index in [-0.39, 0.29) is 29.8 Å². The zero-order chi connectivity index (χ0) is 17.6. The Labute approximate surface area is 141 Å². The number of nitrogens with one attached hydrogen (secondary N) is 1. The summed E-state index contributed by atoms with van der Waals surface area (Å²) in [5, 5.41) is 2.76. The van der Waals surface area contributed by atoms with Crippen LogP contribution < -0.4 is 5.32 Å². The Hall–Kier alpha value is -2.15. The average Bonchev–Trinajstić information content (AvgIpc) is 2.85. The summed E-state index contributed by atoms with van der Waals surface area (Å²) in [6, 6.07) is 7.00. The summed E-state index contributed by atoms with van der Waals surface area (Å²) in [5.74, 6) is -0.417. The highest BCUT2D eigenvalue weighted by molar-refractivity contribution is 7.91. The summed E-state index contributed by atoms with van der Waals surface area (Å²) in [6.45, 7) is 2.07. The van der Waals surface area contributed by atoms with Gasteiger partial charge in [-0.2, -0.15) is 0 Å². The van der Waals surface area contributed by atoms with Crippen LogP contribution in [-0.2, 0) is 24.2 Å². The molecular weight excluding hydrogens is 330 g/mol. The lowest BCUT2D eigenvalue weighted by Gasteiger charge is -2.09. The number of amides is 1. The van der Waals surface area contributed by atoms with E-state index in [9.17, 15) is 18.0 Å². The van der Waals surface area contributed by atoms with Gasteiger partial charge in [0.1, 0.15) is 0 Å². The Balaban J connectivity index is 1.85. The van der Waals surface area contributed by atoms with Crippen LogP contribution in [0.15, 0.2) is 30.3 Å². The fourth-order valence-corrected chi connectivity index (χ4v) is 4.40. The molecule has 0 radical (unpaired) electrons. The van der Waals surface area contributed by atoms with E-state index in [0.717, 1.165) is 5.56 Å². The number of carbonyl (C=O) groups is 2. The Morgan fingerprint density at radius 3 is 2.58 bits per heavy atom. The van der Waals surface area contributed by atoms with Gasteiger partial charge in [0.05, 0.1) is 18.1 Å². The van der Waals surface area contributed by atoms with E-state index in [0.29, 0.717) is 18.7 Å². The molecule has 1 aliphatic rings. The van der Waals surface area contributed by atoms with Crippen molar-refractivity contribution in [2.24, 2.45) is 5.92 Å². The van der Waals surface area contributed by atoms with Crippen LogP contribution in [0.5, 0.6) is 0 Å². The number of benzene rings is 1. The Kier molecular flexibility index (Phi) is 6.14. The van der Waals surface area contributed by atoms with Crippen molar-refractivity contribution in [1.82, 2.24) is 0 Å². The minimum atomic E-state index is -2.96. The molecule has 2 rings (SSSR count). The van der Waals surface area contributed by atoms with E-state index in [2.05, 4.69) is 5.32 Å². The summed E-state index contributed by atoms with van der Waals surface area (Å²) in [6.07, 6.45) is 3.74. The fourth-order valence-electron chi connectivity index (χ4n) is 2.54. The summed E-state index contributed by atoms with van der Waals surface area (Å²) < 4.78 is 27.6. The van der Waals surface area contributed by atoms with Crippen molar-refractivity contribution in [2.75, 3.05) is 23.4 Å². The number of hydrogen-bond donors (Lipinski definition) is 1. The maximum absolute atomic E-state index is 12.0. The van der Waals surface area contributed by atoms with Crippen molar-refractivity contribution in [3.8, 4) is 0 Å². The third-order valence-electron chi connectivity index (χ3n) is 3.69. The molecule has 0 spiro atoms. The number of anilines is 1. The van der Waals surface area contributed by atoms with Gasteiger partial charge in [-0.05, 0) is 43.0 Å². The third kappa shape index (κ3) is 5.81. The van der Waals surface area contributed by atoms with Crippen LogP contribution in [0.4, 0.5) is 5.69 Å². The molecule has 0 aromatic heterocycles. The van der Waals surface area contributed by atoms with Crippen molar-refractivity contribution in [1.29, 1.82) is 0 Å². The average molecular weight is 351 g/mol. The van der Waals surface area contributed by atoms with Crippen molar-refractivity contribution < 1.29 is 22.7 Å². The van der Waals surface area contributed by atoms with Gasteiger partial charge in [-0.15, -0.1) is 0 Å². The fraction of sp³-hybridized carbons (Fsp3) is 0.412. The summed E-state index contributed by atoms with van der Waals surface area (Å²) >= 11 is 0. The molecule has 1 saturated heterocycles. The van der Waals surface area contributed by atoms with Crippen LogP contribution in [0.1, 0.15) is 25.3 Å². The van der Waals surface area contributed by atoms with E-state index < -0.39 is 15.8 Å². The second-order valence-corrected chi connectivity index (χ2v) is 7.96. The predicted molar refractivity (Wildman–Crippen MR) is 92.1 cm³/mol. The van der Waals surface area contributed by atoms with Gasteiger partial charge in [-0.1, -0.05) is 12.1 Å². The first kappa shape index (κ1) is 18.2. The molecule has 1 N–H and O–H groups in total. The molecule has 1 aromatic carbocycles. The van der Waals surface area contributed by atoms with Gasteiger partial charge in [-0.25, -0.2) is 13.2 Å². The molecule has 1 fully saturated rings. The van der Waals surface area contributed by atoms with E-state index in [1.807, 2.05) is 0 Å². The van der Waals surface area contributed by atoms with E-state index in [1.54, 1.807) is 37.3 Å². The number of rotatable bonds is 6. The number of esters is 1. The maximum Gasteiger partial charge on any atom is 0.330 e. The Bertz CT molecular complexity index is 722. The van der Waals surface area contributed by atoms with Crippen LogP contribution in [0.25, 0.3) is 6.08 Å². The van der Waals surface area contributed by atoms with Crippen LogP contribution in [0, 0.1) is 5.92 Å². The molecule has 1 amide bonds. The van der Waals surface area contributed by atoms with Crippen molar-refractivity contribution in [2.45, 2.75) is 19.8 Å². The van der Waals surface area contributed by atoms with Gasteiger partial charge in [0.15, 0.2) is 9.84 Å². The predicted octanol–water partition coefficient (Wildman–Crippen LogP) is 2.03. The molecule has 1 aromatic rings. The molecule has 24 heavy (non-hydrogen) atoms.